The number of furan rings is 1. The monoisotopic (exact) mass is 240 g/mol. The van der Waals surface area contributed by atoms with Gasteiger partial charge in [-0.25, -0.2) is 4.79 Å². The van der Waals surface area contributed by atoms with Gasteiger partial charge >= 0.3 is 6.03 Å². The van der Waals surface area contributed by atoms with Gasteiger partial charge in [-0.05, 0) is 26.8 Å². The molecule has 0 saturated carbocycles. The summed E-state index contributed by atoms with van der Waals surface area (Å²) in [6.45, 7) is 6.71. The molecule has 1 atom stereocenters. The van der Waals surface area contributed by atoms with Gasteiger partial charge in [-0.3, -0.25) is 0 Å². The van der Waals surface area contributed by atoms with Crippen LogP contribution in [0.5, 0.6) is 0 Å². The van der Waals surface area contributed by atoms with E-state index in [2.05, 4.69) is 10.6 Å². The van der Waals surface area contributed by atoms with Gasteiger partial charge in [-0.2, -0.15) is 0 Å². The van der Waals surface area contributed by atoms with E-state index in [9.17, 15) is 4.79 Å². The molecule has 5 nitrogen and oxygen atoms in total. The molecule has 0 fully saturated rings. The Balaban J connectivity index is 2.46. The number of aryl methyl sites for hydroxylation is 2. The molecule has 1 aromatic heterocycles. The minimum absolute atomic E-state index is 0.0741. The van der Waals surface area contributed by atoms with Crippen LogP contribution in [-0.2, 0) is 4.74 Å². The molecule has 5 heteroatoms. The number of hydrogen-bond donors (Lipinski definition) is 2. The molecule has 0 radical (unpaired) electrons. The maximum absolute atomic E-state index is 11.5. The van der Waals surface area contributed by atoms with Crippen molar-refractivity contribution in [3.63, 3.8) is 0 Å². The Labute approximate surface area is 102 Å². The molecule has 0 aliphatic carbocycles. The summed E-state index contributed by atoms with van der Waals surface area (Å²) < 4.78 is 10.3. The summed E-state index contributed by atoms with van der Waals surface area (Å²) in [5.41, 5.74) is 1.00. The van der Waals surface area contributed by atoms with E-state index in [-0.39, 0.29) is 12.1 Å². The largest absolute Gasteiger partial charge is 0.466 e. The van der Waals surface area contributed by atoms with E-state index < -0.39 is 0 Å². The molecule has 0 saturated heterocycles. The molecule has 0 spiro atoms. The van der Waals surface area contributed by atoms with Crippen LogP contribution in [0.3, 0.4) is 0 Å². The Morgan fingerprint density at radius 2 is 2.24 bits per heavy atom. The normalized spacial score (nSPS) is 12.2. The topological polar surface area (TPSA) is 63.5 Å². The molecule has 1 heterocycles. The van der Waals surface area contributed by atoms with Crippen molar-refractivity contribution in [2.24, 2.45) is 0 Å². The molecular formula is C12H20N2O3. The van der Waals surface area contributed by atoms with E-state index in [1.54, 1.807) is 7.11 Å². The fraction of sp³-hybridized carbons (Fsp3) is 0.583. The molecule has 0 aliphatic rings. The number of carbonyl (C=O) groups is 1. The number of hydrogen-bond acceptors (Lipinski definition) is 3. The molecule has 0 aliphatic heterocycles. The van der Waals surface area contributed by atoms with E-state index in [1.807, 2.05) is 26.8 Å². The zero-order chi connectivity index (χ0) is 12.8. The summed E-state index contributed by atoms with van der Waals surface area (Å²) in [6.07, 6.45) is 0. The van der Waals surface area contributed by atoms with Crippen molar-refractivity contribution in [1.82, 2.24) is 10.6 Å². The fourth-order valence-corrected chi connectivity index (χ4v) is 1.67. The second-order valence-electron chi connectivity index (χ2n) is 3.98. The van der Waals surface area contributed by atoms with E-state index >= 15 is 0 Å². The fourth-order valence-electron chi connectivity index (χ4n) is 1.67. The number of methoxy groups -OCH3 is 1. The maximum Gasteiger partial charge on any atom is 0.315 e. The first-order valence-corrected chi connectivity index (χ1v) is 5.64. The lowest BCUT2D eigenvalue weighted by atomic mass is 10.1. The molecule has 0 aromatic carbocycles. The highest BCUT2D eigenvalue weighted by Gasteiger charge is 2.14. The summed E-state index contributed by atoms with van der Waals surface area (Å²) in [6, 6.07) is 1.66. The average Bonchev–Trinajstić information content (AvgIpc) is 2.58. The van der Waals surface area contributed by atoms with Crippen LogP contribution < -0.4 is 10.6 Å². The minimum Gasteiger partial charge on any atom is -0.466 e. The third-order valence-electron chi connectivity index (χ3n) is 2.49. The van der Waals surface area contributed by atoms with Crippen LogP contribution in [0.15, 0.2) is 10.5 Å². The van der Waals surface area contributed by atoms with Gasteiger partial charge in [0, 0.05) is 19.2 Å². The SMILES string of the molecule is COCCNC(=O)N[C@H](C)c1cc(C)oc1C. The lowest BCUT2D eigenvalue weighted by Gasteiger charge is -2.13. The second-order valence-corrected chi connectivity index (χ2v) is 3.98. The van der Waals surface area contributed by atoms with Gasteiger partial charge in [-0.15, -0.1) is 0 Å². The summed E-state index contributed by atoms with van der Waals surface area (Å²) in [4.78, 5) is 11.5. The summed E-state index contributed by atoms with van der Waals surface area (Å²) in [5, 5.41) is 5.55. The Morgan fingerprint density at radius 1 is 1.53 bits per heavy atom. The molecular weight excluding hydrogens is 220 g/mol. The predicted octanol–water partition coefficient (Wildman–Crippen LogP) is 1.90. The van der Waals surface area contributed by atoms with Crippen LogP contribution in [0.2, 0.25) is 0 Å². The molecule has 2 N–H and O–H groups in total. The first kappa shape index (κ1) is 13.6. The predicted molar refractivity (Wildman–Crippen MR) is 65.0 cm³/mol. The smallest absolute Gasteiger partial charge is 0.315 e. The maximum atomic E-state index is 11.5. The number of nitrogens with one attached hydrogen (secondary N) is 2. The molecule has 17 heavy (non-hydrogen) atoms. The third kappa shape index (κ3) is 4.11. The van der Waals surface area contributed by atoms with Crippen molar-refractivity contribution < 1.29 is 13.9 Å². The Hall–Kier alpha value is -1.49. The van der Waals surface area contributed by atoms with E-state index in [4.69, 9.17) is 9.15 Å². The molecule has 0 bridgehead atoms. The lowest BCUT2D eigenvalue weighted by molar-refractivity contribution is 0.195. The van der Waals surface area contributed by atoms with Crippen molar-refractivity contribution in [1.29, 1.82) is 0 Å². The standard InChI is InChI=1S/C12H20N2O3/c1-8-7-11(10(3)17-8)9(2)14-12(15)13-5-6-16-4/h7,9H,5-6H2,1-4H3,(H2,13,14,15)/t9-/m1/s1. The summed E-state index contributed by atoms with van der Waals surface area (Å²) in [5.74, 6) is 1.69. The summed E-state index contributed by atoms with van der Waals surface area (Å²) >= 11 is 0. The zero-order valence-electron chi connectivity index (χ0n) is 10.8. The lowest BCUT2D eigenvalue weighted by Crippen LogP contribution is -2.38. The second kappa shape index (κ2) is 6.30. The highest BCUT2D eigenvalue weighted by atomic mass is 16.5. The Morgan fingerprint density at radius 3 is 2.76 bits per heavy atom. The van der Waals surface area contributed by atoms with Gasteiger partial charge in [0.1, 0.15) is 11.5 Å². The van der Waals surface area contributed by atoms with Crippen LogP contribution in [0.4, 0.5) is 4.79 Å². The molecule has 1 aromatic rings. The van der Waals surface area contributed by atoms with Crippen molar-refractivity contribution >= 4 is 6.03 Å². The van der Waals surface area contributed by atoms with Crippen LogP contribution in [-0.4, -0.2) is 26.3 Å². The summed E-state index contributed by atoms with van der Waals surface area (Å²) in [7, 11) is 1.60. The van der Waals surface area contributed by atoms with Gasteiger partial charge in [0.2, 0.25) is 0 Å². The van der Waals surface area contributed by atoms with E-state index in [1.165, 1.54) is 0 Å². The van der Waals surface area contributed by atoms with Crippen LogP contribution >= 0.6 is 0 Å². The van der Waals surface area contributed by atoms with E-state index in [0.717, 1.165) is 17.1 Å². The highest BCUT2D eigenvalue weighted by molar-refractivity contribution is 5.74. The Kier molecular flexibility index (Phi) is 5.03. The van der Waals surface area contributed by atoms with E-state index in [0.29, 0.717) is 13.2 Å². The van der Waals surface area contributed by atoms with Gasteiger partial charge < -0.3 is 19.8 Å². The number of rotatable bonds is 5. The number of carbonyl (C=O) groups excluding carboxylic acids is 1. The van der Waals surface area contributed by atoms with Gasteiger partial charge in [0.25, 0.3) is 0 Å². The van der Waals surface area contributed by atoms with Crippen molar-refractivity contribution in [2.45, 2.75) is 26.8 Å². The molecule has 0 unspecified atom stereocenters. The van der Waals surface area contributed by atoms with Gasteiger partial charge in [0.05, 0.1) is 12.6 Å². The number of amides is 2. The van der Waals surface area contributed by atoms with Gasteiger partial charge in [-0.1, -0.05) is 0 Å². The van der Waals surface area contributed by atoms with Crippen LogP contribution in [0, 0.1) is 13.8 Å². The van der Waals surface area contributed by atoms with Crippen LogP contribution in [0.25, 0.3) is 0 Å². The van der Waals surface area contributed by atoms with Crippen molar-refractivity contribution in [3.8, 4) is 0 Å². The van der Waals surface area contributed by atoms with Crippen LogP contribution in [0.1, 0.15) is 30.0 Å². The molecule has 1 rings (SSSR count). The Bertz CT molecular complexity index is 374. The minimum atomic E-state index is -0.201. The van der Waals surface area contributed by atoms with Crippen molar-refractivity contribution in [2.75, 3.05) is 20.3 Å². The molecule has 96 valence electrons. The zero-order valence-corrected chi connectivity index (χ0v) is 10.8. The number of urea groups is 1. The first-order chi connectivity index (χ1) is 8.04. The third-order valence-corrected chi connectivity index (χ3v) is 2.49. The average molecular weight is 240 g/mol. The highest BCUT2D eigenvalue weighted by Crippen LogP contribution is 2.20. The quantitative estimate of drug-likeness (QED) is 0.773. The molecule has 2 amide bonds. The first-order valence-electron chi connectivity index (χ1n) is 5.64. The van der Waals surface area contributed by atoms with Crippen molar-refractivity contribution in [3.05, 3.63) is 23.2 Å². The number of ether oxygens (including phenoxy) is 1. The van der Waals surface area contributed by atoms with Gasteiger partial charge in [0.15, 0.2) is 0 Å².